The van der Waals surface area contributed by atoms with Crippen molar-refractivity contribution in [1.29, 1.82) is 0 Å². The summed E-state index contributed by atoms with van der Waals surface area (Å²) in [6.07, 6.45) is 0. The normalized spacial score (nSPS) is 17.8. The first-order valence-corrected chi connectivity index (χ1v) is 7.54. The van der Waals surface area contributed by atoms with Gasteiger partial charge >= 0.3 is 12.0 Å². The molecule has 0 spiro atoms. The van der Waals surface area contributed by atoms with Crippen LogP contribution in [0.25, 0.3) is 0 Å². The van der Waals surface area contributed by atoms with Crippen LogP contribution in [0.2, 0.25) is 0 Å². The zero-order valence-corrected chi connectivity index (χ0v) is 13.2. The zero-order chi connectivity index (χ0) is 17.0. The van der Waals surface area contributed by atoms with Crippen LogP contribution >= 0.6 is 0 Å². The van der Waals surface area contributed by atoms with Gasteiger partial charge < -0.3 is 20.6 Å². The molecule has 3 N–H and O–H groups in total. The van der Waals surface area contributed by atoms with E-state index in [2.05, 4.69) is 10.6 Å². The average molecular weight is 319 g/mol. The van der Waals surface area contributed by atoms with Crippen molar-refractivity contribution in [1.82, 2.24) is 15.5 Å². The predicted molar refractivity (Wildman–Crippen MR) is 84.0 cm³/mol. The van der Waals surface area contributed by atoms with Gasteiger partial charge in [-0.25, -0.2) is 9.59 Å². The molecule has 1 atom stereocenters. The fourth-order valence-corrected chi connectivity index (χ4v) is 2.62. The highest BCUT2D eigenvalue weighted by atomic mass is 16.4. The minimum Gasteiger partial charge on any atom is -0.478 e. The molecule has 0 bridgehead atoms. The summed E-state index contributed by atoms with van der Waals surface area (Å²) in [5.41, 5.74) is 0.999. The summed E-state index contributed by atoms with van der Waals surface area (Å²) in [6.45, 7) is 5.00. The smallest absolute Gasteiger partial charge is 0.335 e. The van der Waals surface area contributed by atoms with Gasteiger partial charge in [0, 0.05) is 19.6 Å². The van der Waals surface area contributed by atoms with Gasteiger partial charge in [-0.1, -0.05) is 26.0 Å². The van der Waals surface area contributed by atoms with Gasteiger partial charge in [-0.2, -0.15) is 0 Å². The molecule has 7 heteroatoms. The highest BCUT2D eigenvalue weighted by molar-refractivity contribution is 5.88. The van der Waals surface area contributed by atoms with Crippen molar-refractivity contribution in [3.05, 3.63) is 35.4 Å². The Morgan fingerprint density at radius 3 is 2.57 bits per heavy atom. The summed E-state index contributed by atoms with van der Waals surface area (Å²) in [5.74, 6) is -1.09. The topological polar surface area (TPSA) is 98.7 Å². The second kappa shape index (κ2) is 7.13. The van der Waals surface area contributed by atoms with Gasteiger partial charge in [0.2, 0.25) is 5.91 Å². The number of carboxylic acids is 1. The third-order valence-electron chi connectivity index (χ3n) is 3.79. The van der Waals surface area contributed by atoms with Crippen LogP contribution in [0.4, 0.5) is 4.79 Å². The summed E-state index contributed by atoms with van der Waals surface area (Å²) >= 11 is 0. The summed E-state index contributed by atoms with van der Waals surface area (Å²) in [4.78, 5) is 36.6. The molecule has 1 heterocycles. The Kier molecular flexibility index (Phi) is 5.20. The largest absolute Gasteiger partial charge is 0.478 e. The maximum atomic E-state index is 12.3. The Balaban J connectivity index is 1.98. The molecule has 0 saturated carbocycles. The van der Waals surface area contributed by atoms with Crippen LogP contribution in [0.1, 0.15) is 29.8 Å². The number of carbonyl (C=O) groups excluding carboxylic acids is 2. The number of piperazine rings is 1. The molecule has 124 valence electrons. The first-order chi connectivity index (χ1) is 10.9. The molecule has 1 aliphatic heterocycles. The van der Waals surface area contributed by atoms with Crippen molar-refractivity contribution >= 4 is 17.9 Å². The van der Waals surface area contributed by atoms with E-state index in [-0.39, 0.29) is 30.0 Å². The molecule has 3 amide bonds. The van der Waals surface area contributed by atoms with Crippen LogP contribution in [0.3, 0.4) is 0 Å². The molecule has 1 aromatic carbocycles. The Hall–Kier alpha value is -2.57. The molecule has 23 heavy (non-hydrogen) atoms. The first kappa shape index (κ1) is 16.8. The lowest BCUT2D eigenvalue weighted by molar-refractivity contribution is -0.129. The lowest BCUT2D eigenvalue weighted by Crippen LogP contribution is -2.61. The predicted octanol–water partition coefficient (Wildman–Crippen LogP) is 1.05. The van der Waals surface area contributed by atoms with E-state index in [1.807, 2.05) is 13.8 Å². The Labute approximate surface area is 134 Å². The van der Waals surface area contributed by atoms with Crippen molar-refractivity contribution in [2.24, 2.45) is 5.92 Å². The van der Waals surface area contributed by atoms with E-state index in [0.717, 1.165) is 5.56 Å². The van der Waals surface area contributed by atoms with Crippen molar-refractivity contribution in [3.8, 4) is 0 Å². The van der Waals surface area contributed by atoms with Crippen LogP contribution in [0, 0.1) is 5.92 Å². The van der Waals surface area contributed by atoms with Crippen molar-refractivity contribution in [2.75, 3.05) is 13.1 Å². The highest BCUT2D eigenvalue weighted by Crippen LogP contribution is 2.14. The minimum atomic E-state index is -0.986. The molecule has 1 aliphatic rings. The number of urea groups is 1. The van der Waals surface area contributed by atoms with E-state index in [0.29, 0.717) is 13.1 Å². The number of aromatic carboxylic acids is 1. The second-order valence-corrected chi connectivity index (χ2v) is 5.83. The quantitative estimate of drug-likeness (QED) is 0.772. The molecule has 0 aliphatic carbocycles. The van der Waals surface area contributed by atoms with Gasteiger partial charge in [0.15, 0.2) is 0 Å². The van der Waals surface area contributed by atoms with E-state index in [4.69, 9.17) is 5.11 Å². The van der Waals surface area contributed by atoms with Crippen molar-refractivity contribution < 1.29 is 19.5 Å². The van der Waals surface area contributed by atoms with Gasteiger partial charge in [-0.05, 0) is 23.6 Å². The fraction of sp³-hybridized carbons (Fsp3) is 0.438. The molecule has 2 rings (SSSR count). The first-order valence-electron chi connectivity index (χ1n) is 7.54. The molecule has 1 fully saturated rings. The zero-order valence-electron chi connectivity index (χ0n) is 13.2. The van der Waals surface area contributed by atoms with Crippen LogP contribution in [-0.4, -0.2) is 47.0 Å². The number of carbonyl (C=O) groups is 3. The molecular formula is C16H21N3O4. The summed E-state index contributed by atoms with van der Waals surface area (Å²) in [6, 6.07) is 5.54. The lowest BCUT2D eigenvalue weighted by Gasteiger charge is -2.37. The molecule has 0 aromatic heterocycles. The number of rotatable bonds is 4. The van der Waals surface area contributed by atoms with E-state index in [9.17, 15) is 14.4 Å². The number of nitrogens with one attached hydrogen (secondary N) is 2. The van der Waals surface area contributed by atoms with Gasteiger partial charge in [-0.15, -0.1) is 0 Å². The van der Waals surface area contributed by atoms with E-state index in [1.54, 1.807) is 17.0 Å². The maximum absolute atomic E-state index is 12.3. The average Bonchev–Trinajstić information content (AvgIpc) is 2.52. The standard InChI is InChI=1S/C16H21N3O4/c1-10(2)13-14(20)17-7-8-19(13)16(23)18-9-11-3-5-12(6-4-11)15(21)22/h3-6,10,13H,7-9H2,1-2H3,(H,17,20)(H,18,23)(H,21,22). The number of amides is 3. The monoisotopic (exact) mass is 319 g/mol. The number of hydrogen-bond acceptors (Lipinski definition) is 3. The Bertz CT molecular complexity index is 598. The van der Waals surface area contributed by atoms with Gasteiger partial charge in [0.25, 0.3) is 0 Å². The lowest BCUT2D eigenvalue weighted by atomic mass is 10.00. The van der Waals surface area contributed by atoms with Crippen LogP contribution < -0.4 is 10.6 Å². The molecular weight excluding hydrogens is 298 g/mol. The van der Waals surface area contributed by atoms with Gasteiger partial charge in [0.1, 0.15) is 6.04 Å². The summed E-state index contributed by atoms with van der Waals surface area (Å²) < 4.78 is 0. The van der Waals surface area contributed by atoms with Crippen molar-refractivity contribution in [2.45, 2.75) is 26.4 Å². The Morgan fingerprint density at radius 1 is 1.35 bits per heavy atom. The van der Waals surface area contributed by atoms with Gasteiger partial charge in [-0.3, -0.25) is 4.79 Å². The SMILES string of the molecule is CC(C)C1C(=O)NCCN1C(=O)NCc1ccc(C(=O)O)cc1. The molecule has 0 radical (unpaired) electrons. The molecule has 1 saturated heterocycles. The number of nitrogens with zero attached hydrogens (tertiary/aromatic N) is 1. The highest BCUT2D eigenvalue weighted by Gasteiger charge is 2.35. The maximum Gasteiger partial charge on any atom is 0.335 e. The summed E-state index contributed by atoms with van der Waals surface area (Å²) in [7, 11) is 0. The van der Waals surface area contributed by atoms with E-state index < -0.39 is 12.0 Å². The summed E-state index contributed by atoms with van der Waals surface area (Å²) in [5, 5.41) is 14.4. The number of carboxylic acid groups (broad SMARTS) is 1. The Morgan fingerprint density at radius 2 is 2.00 bits per heavy atom. The fourth-order valence-electron chi connectivity index (χ4n) is 2.62. The number of benzene rings is 1. The third kappa shape index (κ3) is 4.00. The number of hydrogen-bond donors (Lipinski definition) is 3. The molecule has 1 unspecified atom stereocenters. The van der Waals surface area contributed by atoms with Crippen LogP contribution in [0.15, 0.2) is 24.3 Å². The minimum absolute atomic E-state index is 0.0240. The third-order valence-corrected chi connectivity index (χ3v) is 3.79. The van der Waals surface area contributed by atoms with Crippen LogP contribution in [0.5, 0.6) is 0 Å². The molecule has 1 aromatic rings. The van der Waals surface area contributed by atoms with Crippen LogP contribution in [-0.2, 0) is 11.3 Å². The van der Waals surface area contributed by atoms with Crippen molar-refractivity contribution in [3.63, 3.8) is 0 Å². The molecule has 7 nitrogen and oxygen atoms in total. The van der Waals surface area contributed by atoms with Gasteiger partial charge in [0.05, 0.1) is 5.56 Å². The second-order valence-electron chi connectivity index (χ2n) is 5.83. The van der Waals surface area contributed by atoms with E-state index in [1.165, 1.54) is 12.1 Å². The van der Waals surface area contributed by atoms with E-state index >= 15 is 0 Å².